The van der Waals surface area contributed by atoms with Crippen LogP contribution < -0.4 is 11.1 Å². The summed E-state index contributed by atoms with van der Waals surface area (Å²) in [6.45, 7) is 0.904. The maximum atomic E-state index is 12.2. The molecule has 0 aliphatic heterocycles. The Morgan fingerprint density at radius 1 is 1.25 bits per heavy atom. The fourth-order valence-corrected chi connectivity index (χ4v) is 2.24. The molecular weight excluding hydrogens is 290 g/mol. The highest BCUT2D eigenvalue weighted by atomic mass is 32.2. The molecule has 0 spiro atoms. The Labute approximate surface area is 116 Å². The number of carbonyl (C=O) groups excluding carboxylic acids is 1. The van der Waals surface area contributed by atoms with Crippen molar-refractivity contribution in [1.29, 1.82) is 0 Å². The third-order valence-electron chi connectivity index (χ3n) is 2.52. The number of sulfone groups is 1. The second-order valence-electron chi connectivity index (χ2n) is 4.16. The number of halogens is 2. The number of hydrogen-bond donors (Lipinski definition) is 2. The molecule has 3 N–H and O–H groups in total. The van der Waals surface area contributed by atoms with Crippen molar-refractivity contribution in [3.63, 3.8) is 0 Å². The minimum absolute atomic E-state index is 0.212. The highest BCUT2D eigenvalue weighted by molar-refractivity contribution is 7.90. The topological polar surface area (TPSA) is 89.3 Å². The Morgan fingerprint density at radius 3 is 2.35 bits per heavy atom. The van der Waals surface area contributed by atoms with Gasteiger partial charge in [0.05, 0.1) is 5.75 Å². The molecule has 0 aliphatic carbocycles. The summed E-state index contributed by atoms with van der Waals surface area (Å²) in [5.74, 6) is -4.47. The lowest BCUT2D eigenvalue weighted by atomic mass is 10.1. The van der Waals surface area contributed by atoms with Crippen LogP contribution in [0.1, 0.15) is 22.3 Å². The summed E-state index contributed by atoms with van der Waals surface area (Å²) in [4.78, 5) is 11.6. The van der Waals surface area contributed by atoms with E-state index in [9.17, 15) is 22.0 Å². The zero-order valence-corrected chi connectivity index (χ0v) is 11.5. The number of nitrogens with one attached hydrogen (secondary N) is 1. The largest absolute Gasteiger partial charge is 0.352 e. The quantitative estimate of drug-likeness (QED) is 0.733. The molecule has 0 aliphatic rings. The monoisotopic (exact) mass is 306 g/mol. The number of nitrogens with two attached hydrogens (primary N) is 1. The van der Waals surface area contributed by atoms with Crippen LogP contribution in [0.2, 0.25) is 0 Å². The predicted octanol–water partition coefficient (Wildman–Crippen LogP) is 0.903. The summed E-state index contributed by atoms with van der Waals surface area (Å²) in [6, 6.07) is 5.48. The van der Waals surface area contributed by atoms with Gasteiger partial charge in [0.15, 0.2) is 0 Å². The van der Waals surface area contributed by atoms with Crippen molar-refractivity contribution in [2.75, 3.05) is 13.1 Å². The van der Waals surface area contributed by atoms with E-state index >= 15 is 0 Å². The Bertz CT molecular complexity index is 544. The molecule has 112 valence electrons. The number of amides is 1. The van der Waals surface area contributed by atoms with Gasteiger partial charge in [0.2, 0.25) is 9.84 Å². The van der Waals surface area contributed by atoms with Gasteiger partial charge in [0.1, 0.15) is 0 Å². The maximum Gasteiger partial charge on any atom is 0.337 e. The lowest BCUT2D eigenvalue weighted by Gasteiger charge is -2.06. The zero-order chi connectivity index (χ0) is 15.2. The summed E-state index contributed by atoms with van der Waals surface area (Å²) in [5.41, 5.74) is 5.83. The van der Waals surface area contributed by atoms with E-state index in [4.69, 9.17) is 5.73 Å². The van der Waals surface area contributed by atoms with E-state index in [2.05, 4.69) is 5.32 Å². The highest BCUT2D eigenvalue weighted by Crippen LogP contribution is 2.14. The molecule has 0 aromatic heterocycles. The average molecular weight is 306 g/mol. The fourth-order valence-electron chi connectivity index (χ4n) is 1.45. The Balaban J connectivity index is 2.67. The molecule has 1 amide bonds. The molecule has 0 fully saturated rings. The second-order valence-corrected chi connectivity index (χ2v) is 6.13. The Hall–Kier alpha value is -1.54. The molecule has 0 saturated heterocycles. The molecule has 0 radical (unpaired) electrons. The summed E-state index contributed by atoms with van der Waals surface area (Å²) in [5, 5.41) is 2.63. The SMILES string of the molecule is NCCCNC(=O)c1ccc(CS(=O)(=O)C(F)F)cc1. The first-order chi connectivity index (χ1) is 9.36. The van der Waals surface area contributed by atoms with Crippen molar-refractivity contribution >= 4 is 15.7 Å². The Kier molecular flexibility index (Phi) is 6.03. The summed E-state index contributed by atoms with van der Waals surface area (Å²) < 4.78 is 46.5. The molecule has 1 rings (SSSR count). The van der Waals surface area contributed by atoms with Gasteiger partial charge in [-0.3, -0.25) is 4.79 Å². The van der Waals surface area contributed by atoms with E-state index in [1.807, 2.05) is 0 Å². The van der Waals surface area contributed by atoms with E-state index < -0.39 is 21.3 Å². The minimum atomic E-state index is -4.45. The fraction of sp³-hybridized carbons (Fsp3) is 0.417. The molecule has 5 nitrogen and oxygen atoms in total. The van der Waals surface area contributed by atoms with Gasteiger partial charge in [0, 0.05) is 12.1 Å². The van der Waals surface area contributed by atoms with E-state index in [-0.39, 0.29) is 11.5 Å². The second kappa shape index (κ2) is 7.30. The van der Waals surface area contributed by atoms with Crippen LogP contribution in [0.3, 0.4) is 0 Å². The van der Waals surface area contributed by atoms with Crippen LogP contribution in [0, 0.1) is 0 Å². The number of hydrogen-bond acceptors (Lipinski definition) is 4. The van der Waals surface area contributed by atoms with Crippen LogP contribution in [0.25, 0.3) is 0 Å². The smallest absolute Gasteiger partial charge is 0.337 e. The number of carbonyl (C=O) groups is 1. The number of rotatable bonds is 7. The third kappa shape index (κ3) is 4.86. The molecule has 20 heavy (non-hydrogen) atoms. The van der Waals surface area contributed by atoms with Crippen LogP contribution in [-0.4, -0.2) is 33.2 Å². The standard InChI is InChI=1S/C12H16F2N2O3S/c13-12(14)20(18,19)8-9-2-4-10(5-3-9)11(17)16-7-1-6-15/h2-5,12H,1,6-8,15H2,(H,16,17). The van der Waals surface area contributed by atoms with Gasteiger partial charge in [-0.05, 0) is 30.7 Å². The van der Waals surface area contributed by atoms with Gasteiger partial charge >= 0.3 is 5.76 Å². The van der Waals surface area contributed by atoms with Gasteiger partial charge in [-0.25, -0.2) is 8.42 Å². The van der Waals surface area contributed by atoms with E-state index in [0.29, 0.717) is 25.1 Å². The molecule has 0 bridgehead atoms. The van der Waals surface area contributed by atoms with Gasteiger partial charge in [-0.15, -0.1) is 0 Å². The summed E-state index contributed by atoms with van der Waals surface area (Å²) >= 11 is 0. The van der Waals surface area contributed by atoms with E-state index in [0.717, 1.165) is 0 Å². The van der Waals surface area contributed by atoms with Gasteiger partial charge in [-0.1, -0.05) is 12.1 Å². The molecule has 1 aromatic rings. The highest BCUT2D eigenvalue weighted by Gasteiger charge is 2.24. The van der Waals surface area contributed by atoms with Crippen LogP contribution in [-0.2, 0) is 15.6 Å². The third-order valence-corrected chi connectivity index (χ3v) is 3.80. The van der Waals surface area contributed by atoms with Crippen molar-refractivity contribution < 1.29 is 22.0 Å². The van der Waals surface area contributed by atoms with Gasteiger partial charge in [0.25, 0.3) is 5.91 Å². The van der Waals surface area contributed by atoms with E-state index in [1.165, 1.54) is 24.3 Å². The van der Waals surface area contributed by atoms with Crippen molar-refractivity contribution in [2.24, 2.45) is 5.73 Å². The van der Waals surface area contributed by atoms with Crippen molar-refractivity contribution in [1.82, 2.24) is 5.32 Å². The normalized spacial score (nSPS) is 11.6. The van der Waals surface area contributed by atoms with Crippen LogP contribution >= 0.6 is 0 Å². The number of benzene rings is 1. The molecule has 0 unspecified atom stereocenters. The first kappa shape index (κ1) is 16.5. The van der Waals surface area contributed by atoms with Crippen molar-refractivity contribution in [2.45, 2.75) is 17.9 Å². The van der Waals surface area contributed by atoms with Crippen molar-refractivity contribution in [3.05, 3.63) is 35.4 Å². The molecular formula is C12H16F2N2O3S. The summed E-state index contributed by atoms with van der Waals surface area (Å²) in [6.07, 6.45) is 0.649. The molecule has 1 aromatic carbocycles. The first-order valence-electron chi connectivity index (χ1n) is 5.93. The molecule has 0 saturated carbocycles. The van der Waals surface area contributed by atoms with E-state index in [1.54, 1.807) is 0 Å². The zero-order valence-electron chi connectivity index (χ0n) is 10.7. The Morgan fingerprint density at radius 2 is 1.85 bits per heavy atom. The van der Waals surface area contributed by atoms with Crippen molar-refractivity contribution in [3.8, 4) is 0 Å². The maximum absolute atomic E-state index is 12.2. The van der Waals surface area contributed by atoms with Crippen LogP contribution in [0.15, 0.2) is 24.3 Å². The number of alkyl halides is 2. The molecule has 8 heteroatoms. The lowest BCUT2D eigenvalue weighted by Crippen LogP contribution is -2.25. The van der Waals surface area contributed by atoms with Gasteiger partial charge in [-0.2, -0.15) is 8.78 Å². The predicted molar refractivity (Wildman–Crippen MR) is 71.1 cm³/mol. The average Bonchev–Trinajstić information content (AvgIpc) is 2.39. The molecule has 0 atom stereocenters. The van der Waals surface area contributed by atoms with Gasteiger partial charge < -0.3 is 11.1 Å². The summed E-state index contributed by atoms with van der Waals surface area (Å²) in [7, 11) is -4.45. The lowest BCUT2D eigenvalue weighted by molar-refractivity contribution is 0.0953. The molecule has 0 heterocycles. The minimum Gasteiger partial charge on any atom is -0.352 e. The van der Waals surface area contributed by atoms with Crippen LogP contribution in [0.4, 0.5) is 8.78 Å². The first-order valence-corrected chi connectivity index (χ1v) is 7.65. The van der Waals surface area contributed by atoms with Crippen LogP contribution in [0.5, 0.6) is 0 Å².